The number of pyridine rings is 1. The summed E-state index contributed by atoms with van der Waals surface area (Å²) in [5.41, 5.74) is 3.75. The summed E-state index contributed by atoms with van der Waals surface area (Å²) in [5, 5.41) is 0.837. The van der Waals surface area contributed by atoms with Gasteiger partial charge >= 0.3 is 0 Å². The molecule has 2 aromatic heterocycles. The first-order valence-corrected chi connectivity index (χ1v) is 10.4. The average Bonchev–Trinajstić information content (AvgIpc) is 3.29. The van der Waals surface area contributed by atoms with Crippen LogP contribution in [0.25, 0.3) is 32.3 Å². The highest BCUT2D eigenvalue weighted by atomic mass is 32.1. The second-order valence-corrected chi connectivity index (χ2v) is 7.58. The summed E-state index contributed by atoms with van der Waals surface area (Å²) in [6.07, 6.45) is 3.57. The van der Waals surface area contributed by atoms with Gasteiger partial charge in [0.1, 0.15) is 10.8 Å². The molecular weight excluding hydrogens is 412 g/mol. The third-order valence-electron chi connectivity index (χ3n) is 4.83. The van der Waals surface area contributed by atoms with Crippen LogP contribution >= 0.6 is 11.3 Å². The van der Waals surface area contributed by atoms with E-state index in [-0.39, 0.29) is 0 Å². The van der Waals surface area contributed by atoms with Crippen molar-refractivity contribution in [2.24, 2.45) is 0 Å². The molecule has 0 amide bonds. The molecule has 0 fully saturated rings. The molecule has 0 radical (unpaired) electrons. The van der Waals surface area contributed by atoms with Gasteiger partial charge in [0.05, 0.1) is 39.0 Å². The maximum atomic E-state index is 5.52. The Bertz CT molecular complexity index is 1150. The molecule has 0 bridgehead atoms. The first kappa shape index (κ1) is 20.7. The second-order valence-electron chi connectivity index (χ2n) is 6.58. The lowest BCUT2D eigenvalue weighted by Gasteiger charge is -2.13. The normalized spacial score (nSPS) is 10.6. The average molecular weight is 435 g/mol. The molecule has 31 heavy (non-hydrogen) atoms. The molecule has 4 aromatic rings. The van der Waals surface area contributed by atoms with E-state index in [1.807, 2.05) is 54.7 Å². The Morgan fingerprint density at radius 1 is 0.742 bits per heavy atom. The van der Waals surface area contributed by atoms with Gasteiger partial charge in [0.25, 0.3) is 0 Å². The molecule has 0 spiro atoms. The van der Waals surface area contributed by atoms with E-state index in [1.54, 1.807) is 46.0 Å². The fourth-order valence-corrected chi connectivity index (χ4v) is 4.36. The van der Waals surface area contributed by atoms with E-state index in [0.29, 0.717) is 17.2 Å². The predicted molar refractivity (Wildman–Crippen MR) is 122 cm³/mol. The molecule has 4 rings (SSSR count). The zero-order valence-electron chi connectivity index (χ0n) is 17.7. The van der Waals surface area contributed by atoms with Crippen LogP contribution in [0.3, 0.4) is 0 Å². The van der Waals surface area contributed by atoms with Gasteiger partial charge in [-0.1, -0.05) is 0 Å². The zero-order valence-corrected chi connectivity index (χ0v) is 18.5. The molecule has 0 aliphatic heterocycles. The second kappa shape index (κ2) is 9.06. The highest BCUT2D eigenvalue weighted by molar-refractivity contribution is 7.19. The number of hydrogen-bond donors (Lipinski definition) is 0. The van der Waals surface area contributed by atoms with Crippen molar-refractivity contribution in [2.45, 2.75) is 0 Å². The Morgan fingerprint density at radius 3 is 2.00 bits per heavy atom. The maximum Gasteiger partial charge on any atom is 0.203 e. The van der Waals surface area contributed by atoms with Crippen molar-refractivity contribution in [3.05, 3.63) is 60.9 Å². The first-order valence-electron chi connectivity index (χ1n) is 9.54. The van der Waals surface area contributed by atoms with Gasteiger partial charge in [-0.2, -0.15) is 0 Å². The number of hydrogen-bond acceptors (Lipinski definition) is 7. The summed E-state index contributed by atoms with van der Waals surface area (Å²) in [6, 6.07) is 15.7. The number of thiazole rings is 1. The number of nitrogens with zero attached hydrogens (tertiary/aromatic N) is 2. The van der Waals surface area contributed by atoms with Crippen molar-refractivity contribution >= 4 is 11.3 Å². The molecule has 0 atom stereocenters. The molecule has 0 aliphatic rings. The van der Waals surface area contributed by atoms with Gasteiger partial charge in [-0.05, 0) is 54.1 Å². The Kier molecular flexibility index (Phi) is 6.04. The van der Waals surface area contributed by atoms with E-state index >= 15 is 0 Å². The summed E-state index contributed by atoms with van der Waals surface area (Å²) >= 11 is 1.59. The van der Waals surface area contributed by atoms with Crippen LogP contribution in [0.5, 0.6) is 23.0 Å². The molecule has 2 heterocycles. The third-order valence-corrected chi connectivity index (χ3v) is 5.98. The lowest BCUT2D eigenvalue weighted by Crippen LogP contribution is -1.95. The summed E-state index contributed by atoms with van der Waals surface area (Å²) in [4.78, 5) is 10.3. The van der Waals surface area contributed by atoms with Crippen molar-refractivity contribution in [3.8, 4) is 55.3 Å². The first-order chi connectivity index (χ1) is 15.2. The number of ether oxygens (including phenoxy) is 4. The molecule has 7 heteroatoms. The minimum atomic E-state index is 0.549. The summed E-state index contributed by atoms with van der Waals surface area (Å²) in [5.74, 6) is 2.52. The fourth-order valence-electron chi connectivity index (χ4n) is 3.28. The van der Waals surface area contributed by atoms with Crippen molar-refractivity contribution in [1.29, 1.82) is 0 Å². The minimum Gasteiger partial charge on any atom is -0.497 e. The molecule has 6 nitrogen and oxygen atoms in total. The molecule has 0 aliphatic carbocycles. The van der Waals surface area contributed by atoms with Gasteiger partial charge < -0.3 is 18.9 Å². The molecule has 2 aromatic carbocycles. The van der Waals surface area contributed by atoms with Crippen LogP contribution in [0.1, 0.15) is 0 Å². The van der Waals surface area contributed by atoms with Gasteiger partial charge in [-0.25, -0.2) is 4.98 Å². The van der Waals surface area contributed by atoms with Crippen molar-refractivity contribution in [1.82, 2.24) is 9.97 Å². The summed E-state index contributed by atoms with van der Waals surface area (Å²) in [6.45, 7) is 0. The van der Waals surface area contributed by atoms with Gasteiger partial charge in [0.15, 0.2) is 11.5 Å². The molecule has 158 valence electrons. The topological polar surface area (TPSA) is 62.7 Å². The zero-order chi connectivity index (χ0) is 21.8. The van der Waals surface area contributed by atoms with Crippen LogP contribution in [0.4, 0.5) is 0 Å². The Labute approximate surface area is 185 Å². The lowest BCUT2D eigenvalue weighted by molar-refractivity contribution is 0.324. The van der Waals surface area contributed by atoms with Crippen LogP contribution in [-0.4, -0.2) is 38.4 Å². The van der Waals surface area contributed by atoms with Crippen LogP contribution in [0, 0.1) is 0 Å². The number of rotatable bonds is 7. The Hall–Kier alpha value is -3.58. The van der Waals surface area contributed by atoms with Crippen molar-refractivity contribution in [3.63, 3.8) is 0 Å². The van der Waals surface area contributed by atoms with E-state index in [2.05, 4.69) is 4.98 Å². The summed E-state index contributed by atoms with van der Waals surface area (Å²) < 4.78 is 21.8. The molecular formula is C24H22N2O4S. The van der Waals surface area contributed by atoms with Crippen LogP contribution < -0.4 is 18.9 Å². The monoisotopic (exact) mass is 434 g/mol. The molecule has 0 saturated heterocycles. The van der Waals surface area contributed by atoms with Crippen LogP contribution in [0.2, 0.25) is 0 Å². The van der Waals surface area contributed by atoms with E-state index < -0.39 is 0 Å². The minimum absolute atomic E-state index is 0.549. The highest BCUT2D eigenvalue weighted by Crippen LogP contribution is 2.45. The smallest absolute Gasteiger partial charge is 0.203 e. The fraction of sp³-hybridized carbons (Fsp3) is 0.167. The van der Waals surface area contributed by atoms with Gasteiger partial charge in [-0.3, -0.25) is 4.98 Å². The van der Waals surface area contributed by atoms with E-state index in [1.165, 1.54) is 0 Å². The maximum absolute atomic E-state index is 5.52. The van der Waals surface area contributed by atoms with Crippen molar-refractivity contribution < 1.29 is 18.9 Å². The van der Waals surface area contributed by atoms with E-state index in [9.17, 15) is 0 Å². The van der Waals surface area contributed by atoms with Crippen molar-refractivity contribution in [2.75, 3.05) is 28.4 Å². The van der Waals surface area contributed by atoms with Gasteiger partial charge in [-0.15, -0.1) is 11.3 Å². The van der Waals surface area contributed by atoms with Crippen LogP contribution in [-0.2, 0) is 0 Å². The molecule has 0 unspecified atom stereocenters. The number of methoxy groups -OCH3 is 4. The summed E-state index contributed by atoms with van der Waals surface area (Å²) in [7, 11) is 6.45. The standard InChI is InChI=1S/C24H22N2O4S/c1-27-18-9-7-15(8-10-18)23-21(16-6-5-11-25-14-16)26-24(31-23)17-12-19(28-2)22(30-4)20(13-17)29-3/h5-14H,1-4H3. The Morgan fingerprint density at radius 2 is 1.45 bits per heavy atom. The lowest BCUT2D eigenvalue weighted by atomic mass is 10.1. The molecule has 0 saturated carbocycles. The van der Waals surface area contributed by atoms with E-state index in [4.69, 9.17) is 23.9 Å². The Balaban J connectivity index is 1.89. The largest absolute Gasteiger partial charge is 0.497 e. The number of aromatic nitrogens is 2. The number of benzene rings is 2. The van der Waals surface area contributed by atoms with E-state index in [0.717, 1.165) is 38.0 Å². The third kappa shape index (κ3) is 4.04. The highest BCUT2D eigenvalue weighted by Gasteiger charge is 2.20. The quantitative estimate of drug-likeness (QED) is 0.379. The van der Waals surface area contributed by atoms with Gasteiger partial charge in [0, 0.05) is 23.5 Å². The van der Waals surface area contributed by atoms with Gasteiger partial charge in [0.2, 0.25) is 5.75 Å². The molecule has 0 N–H and O–H groups in total. The SMILES string of the molecule is COc1ccc(-c2sc(-c3cc(OC)c(OC)c(OC)c3)nc2-c2cccnc2)cc1. The van der Waals surface area contributed by atoms with Crippen LogP contribution in [0.15, 0.2) is 60.9 Å². The predicted octanol–water partition coefficient (Wildman–Crippen LogP) is 5.57.